The first-order valence-corrected chi connectivity index (χ1v) is 11.2. The molecule has 0 saturated carbocycles. The van der Waals surface area contributed by atoms with E-state index < -0.39 is 12.0 Å². The second-order valence-corrected chi connectivity index (χ2v) is 8.49. The molecule has 0 aliphatic heterocycles. The van der Waals surface area contributed by atoms with E-state index in [1.165, 1.54) is 0 Å². The van der Waals surface area contributed by atoms with Gasteiger partial charge in [-0.2, -0.15) is 0 Å². The minimum Gasteiger partial charge on any atom is -0.481 e. The SMILES string of the molecule is CC(C)NC(=O)[C@H](Cc1ccc2ccccc2c1)Nc1ccc(C(=O)CCCC(=O)O)cc1. The smallest absolute Gasteiger partial charge is 0.303 e. The predicted molar refractivity (Wildman–Crippen MR) is 131 cm³/mol. The lowest BCUT2D eigenvalue weighted by Crippen LogP contribution is -2.43. The van der Waals surface area contributed by atoms with Crippen molar-refractivity contribution in [3.8, 4) is 0 Å². The van der Waals surface area contributed by atoms with Crippen LogP contribution in [0.4, 0.5) is 5.69 Å². The summed E-state index contributed by atoms with van der Waals surface area (Å²) in [5.41, 5.74) is 2.32. The van der Waals surface area contributed by atoms with Gasteiger partial charge in [0.1, 0.15) is 6.04 Å². The quantitative estimate of drug-likeness (QED) is 0.367. The summed E-state index contributed by atoms with van der Waals surface area (Å²) in [6.45, 7) is 3.85. The second-order valence-electron chi connectivity index (χ2n) is 8.49. The zero-order valence-electron chi connectivity index (χ0n) is 19.0. The van der Waals surface area contributed by atoms with Gasteiger partial charge in [-0.15, -0.1) is 0 Å². The summed E-state index contributed by atoms with van der Waals surface area (Å²) in [4.78, 5) is 35.8. The molecular formula is C27H30N2O4. The van der Waals surface area contributed by atoms with Crippen LogP contribution in [-0.4, -0.2) is 34.8 Å². The van der Waals surface area contributed by atoms with Crippen molar-refractivity contribution in [1.82, 2.24) is 5.32 Å². The lowest BCUT2D eigenvalue weighted by atomic mass is 10.0. The number of hydrogen-bond donors (Lipinski definition) is 3. The summed E-state index contributed by atoms with van der Waals surface area (Å²) in [6, 6.07) is 20.8. The third-order valence-corrected chi connectivity index (χ3v) is 5.34. The van der Waals surface area contributed by atoms with Gasteiger partial charge in [-0.1, -0.05) is 42.5 Å². The Morgan fingerprint density at radius 1 is 0.879 bits per heavy atom. The van der Waals surface area contributed by atoms with E-state index in [0.29, 0.717) is 18.4 Å². The first-order valence-electron chi connectivity index (χ1n) is 11.2. The van der Waals surface area contributed by atoms with Crippen molar-refractivity contribution in [3.63, 3.8) is 0 Å². The Morgan fingerprint density at radius 2 is 1.58 bits per heavy atom. The van der Waals surface area contributed by atoms with Gasteiger partial charge in [0.15, 0.2) is 5.78 Å². The van der Waals surface area contributed by atoms with Crippen molar-refractivity contribution in [3.05, 3.63) is 77.9 Å². The minimum atomic E-state index is -0.903. The normalized spacial score (nSPS) is 11.8. The fraction of sp³-hybridized carbons (Fsp3) is 0.296. The van der Waals surface area contributed by atoms with E-state index in [1.807, 2.05) is 32.0 Å². The maximum atomic E-state index is 12.9. The van der Waals surface area contributed by atoms with E-state index in [1.54, 1.807) is 24.3 Å². The van der Waals surface area contributed by atoms with E-state index in [4.69, 9.17) is 5.11 Å². The number of carboxylic acids is 1. The molecule has 0 aliphatic carbocycles. The highest BCUT2D eigenvalue weighted by molar-refractivity contribution is 5.96. The molecule has 1 amide bonds. The molecule has 0 heterocycles. The van der Waals surface area contributed by atoms with Crippen molar-refractivity contribution >= 4 is 34.1 Å². The van der Waals surface area contributed by atoms with Crippen molar-refractivity contribution in [2.75, 3.05) is 5.32 Å². The molecule has 6 heteroatoms. The van der Waals surface area contributed by atoms with Gasteiger partial charge in [-0.05, 0) is 60.9 Å². The van der Waals surface area contributed by atoms with Crippen molar-refractivity contribution in [1.29, 1.82) is 0 Å². The number of carbonyl (C=O) groups excluding carboxylic acids is 2. The molecule has 6 nitrogen and oxygen atoms in total. The van der Waals surface area contributed by atoms with Gasteiger partial charge < -0.3 is 15.7 Å². The fourth-order valence-electron chi connectivity index (χ4n) is 3.69. The number of hydrogen-bond acceptors (Lipinski definition) is 4. The Kier molecular flexibility index (Phi) is 8.19. The number of fused-ring (bicyclic) bond motifs is 1. The number of aliphatic carboxylic acids is 1. The van der Waals surface area contributed by atoms with E-state index in [9.17, 15) is 14.4 Å². The highest BCUT2D eigenvalue weighted by Gasteiger charge is 2.20. The van der Waals surface area contributed by atoms with Crippen LogP contribution in [0.25, 0.3) is 10.8 Å². The number of carbonyl (C=O) groups is 3. The van der Waals surface area contributed by atoms with Crippen LogP contribution in [-0.2, 0) is 16.0 Å². The van der Waals surface area contributed by atoms with Gasteiger partial charge in [0, 0.05) is 36.6 Å². The van der Waals surface area contributed by atoms with Crippen LogP contribution in [0, 0.1) is 0 Å². The maximum Gasteiger partial charge on any atom is 0.303 e. The molecule has 0 spiro atoms. The molecule has 3 aromatic rings. The molecule has 0 fully saturated rings. The van der Waals surface area contributed by atoms with E-state index in [2.05, 4.69) is 34.9 Å². The van der Waals surface area contributed by atoms with E-state index >= 15 is 0 Å². The zero-order valence-corrected chi connectivity index (χ0v) is 19.0. The second kappa shape index (κ2) is 11.3. The topological polar surface area (TPSA) is 95.5 Å². The minimum absolute atomic E-state index is 0.0178. The molecule has 33 heavy (non-hydrogen) atoms. The molecule has 172 valence electrons. The summed E-state index contributed by atoms with van der Waals surface area (Å²) in [7, 11) is 0. The first-order chi connectivity index (χ1) is 15.8. The number of ketones is 1. The Morgan fingerprint density at radius 3 is 2.24 bits per heavy atom. The molecule has 0 aromatic heterocycles. The number of Topliss-reactive ketones (excluding diaryl/α,β-unsaturated/α-hetero) is 1. The summed E-state index contributed by atoms with van der Waals surface area (Å²) in [6.07, 6.45) is 1.00. The third kappa shape index (κ3) is 7.17. The van der Waals surface area contributed by atoms with Crippen LogP contribution < -0.4 is 10.6 Å². The molecule has 0 unspecified atom stereocenters. The molecular weight excluding hydrogens is 416 g/mol. The highest BCUT2D eigenvalue weighted by Crippen LogP contribution is 2.19. The van der Waals surface area contributed by atoms with Crippen molar-refractivity contribution < 1.29 is 19.5 Å². The number of benzene rings is 3. The summed E-state index contributed by atoms with van der Waals surface area (Å²) in [5.74, 6) is -1.08. The van der Waals surface area contributed by atoms with Crippen LogP contribution in [0.15, 0.2) is 66.7 Å². The number of carboxylic acid groups (broad SMARTS) is 1. The molecule has 0 bridgehead atoms. The van der Waals surface area contributed by atoms with Gasteiger partial charge in [0.05, 0.1) is 0 Å². The van der Waals surface area contributed by atoms with Crippen LogP contribution in [0.5, 0.6) is 0 Å². The summed E-state index contributed by atoms with van der Waals surface area (Å²) < 4.78 is 0. The summed E-state index contributed by atoms with van der Waals surface area (Å²) >= 11 is 0. The standard InChI is InChI=1S/C27H30N2O4/c1-18(2)28-27(33)24(17-19-10-11-20-6-3-4-7-22(20)16-19)29-23-14-12-21(13-15-23)25(30)8-5-9-26(31)32/h3-4,6-7,10-16,18,24,29H,5,8-9,17H2,1-2H3,(H,28,33)(H,31,32)/t24-/m0/s1. The largest absolute Gasteiger partial charge is 0.481 e. The molecule has 0 radical (unpaired) electrons. The number of nitrogens with one attached hydrogen (secondary N) is 2. The molecule has 1 atom stereocenters. The number of anilines is 1. The Labute approximate surface area is 194 Å². The Hall–Kier alpha value is -3.67. The van der Waals surface area contributed by atoms with E-state index in [-0.39, 0.29) is 30.6 Å². The molecule has 3 aromatic carbocycles. The van der Waals surface area contributed by atoms with Crippen LogP contribution >= 0.6 is 0 Å². The lowest BCUT2D eigenvalue weighted by Gasteiger charge is -2.21. The van der Waals surface area contributed by atoms with Gasteiger partial charge >= 0.3 is 5.97 Å². The fourth-order valence-corrected chi connectivity index (χ4v) is 3.69. The van der Waals surface area contributed by atoms with Crippen molar-refractivity contribution in [2.24, 2.45) is 0 Å². The van der Waals surface area contributed by atoms with Gasteiger partial charge in [0.2, 0.25) is 5.91 Å². The first kappa shape index (κ1) is 24.0. The molecule has 3 rings (SSSR count). The highest BCUT2D eigenvalue weighted by atomic mass is 16.4. The zero-order chi connectivity index (χ0) is 23.8. The van der Waals surface area contributed by atoms with E-state index in [0.717, 1.165) is 22.0 Å². The lowest BCUT2D eigenvalue weighted by molar-refractivity contribution is -0.137. The Balaban J connectivity index is 1.72. The number of amides is 1. The Bertz CT molecular complexity index is 1120. The van der Waals surface area contributed by atoms with Gasteiger partial charge in [-0.25, -0.2) is 0 Å². The monoisotopic (exact) mass is 446 g/mol. The molecule has 0 aliphatic rings. The average Bonchev–Trinajstić information content (AvgIpc) is 2.78. The summed E-state index contributed by atoms with van der Waals surface area (Å²) in [5, 5.41) is 17.3. The van der Waals surface area contributed by atoms with Crippen LogP contribution in [0.1, 0.15) is 49.0 Å². The maximum absolute atomic E-state index is 12.9. The number of rotatable bonds is 11. The van der Waals surface area contributed by atoms with Gasteiger partial charge in [-0.3, -0.25) is 14.4 Å². The average molecular weight is 447 g/mol. The van der Waals surface area contributed by atoms with Gasteiger partial charge in [0.25, 0.3) is 0 Å². The third-order valence-electron chi connectivity index (χ3n) is 5.34. The molecule has 3 N–H and O–H groups in total. The predicted octanol–water partition coefficient (Wildman–Crippen LogP) is 4.83. The van der Waals surface area contributed by atoms with Crippen LogP contribution in [0.3, 0.4) is 0 Å². The van der Waals surface area contributed by atoms with Crippen molar-refractivity contribution in [2.45, 2.75) is 51.6 Å². The molecule has 0 saturated heterocycles. The van der Waals surface area contributed by atoms with Crippen LogP contribution in [0.2, 0.25) is 0 Å².